The monoisotopic (exact) mass is 385 g/mol. The molecule has 27 heavy (non-hydrogen) atoms. The van der Waals surface area contributed by atoms with E-state index in [9.17, 15) is 24.0 Å². The van der Waals surface area contributed by atoms with E-state index in [0.717, 1.165) is 0 Å². The molecule has 9 heteroatoms. The van der Waals surface area contributed by atoms with E-state index in [1.165, 1.54) is 6.92 Å². The zero-order valence-electron chi connectivity index (χ0n) is 16.6. The van der Waals surface area contributed by atoms with Crippen molar-refractivity contribution >= 4 is 29.5 Å². The highest BCUT2D eigenvalue weighted by molar-refractivity contribution is 5.94. The van der Waals surface area contributed by atoms with Crippen molar-refractivity contribution in [2.45, 2.75) is 78.4 Å². The molecule has 0 aliphatic carbocycles. The minimum Gasteiger partial charge on any atom is -0.481 e. The summed E-state index contributed by atoms with van der Waals surface area (Å²) >= 11 is 0. The summed E-state index contributed by atoms with van der Waals surface area (Å²) < 4.78 is 0. The van der Waals surface area contributed by atoms with Crippen molar-refractivity contribution in [3.05, 3.63) is 0 Å². The third-order valence-corrected chi connectivity index (χ3v) is 3.83. The Morgan fingerprint density at radius 2 is 1.41 bits per heavy atom. The zero-order chi connectivity index (χ0) is 21.1. The van der Waals surface area contributed by atoms with Gasteiger partial charge in [0.15, 0.2) is 5.78 Å². The molecule has 0 radical (unpaired) electrons. The minimum atomic E-state index is -1.09. The van der Waals surface area contributed by atoms with Crippen LogP contribution in [0, 0.1) is 5.92 Å². The van der Waals surface area contributed by atoms with Crippen molar-refractivity contribution in [1.29, 1.82) is 0 Å². The molecule has 0 aromatic heterocycles. The van der Waals surface area contributed by atoms with Crippen LogP contribution >= 0.6 is 0 Å². The minimum absolute atomic E-state index is 0.0791. The second-order valence-corrected chi connectivity index (χ2v) is 6.93. The Labute approximate surface area is 159 Å². The summed E-state index contributed by atoms with van der Waals surface area (Å²) in [4.78, 5) is 58.8. The lowest BCUT2D eigenvalue weighted by Crippen LogP contribution is -2.54. The Kier molecular flexibility index (Phi) is 10.9. The van der Waals surface area contributed by atoms with Gasteiger partial charge < -0.3 is 21.1 Å². The highest BCUT2D eigenvalue weighted by atomic mass is 16.4. The van der Waals surface area contributed by atoms with Crippen LogP contribution in [-0.2, 0) is 24.0 Å². The van der Waals surface area contributed by atoms with Crippen molar-refractivity contribution in [2.75, 3.05) is 0 Å². The lowest BCUT2D eigenvalue weighted by atomic mass is 10.1. The Balaban J connectivity index is 4.88. The highest BCUT2D eigenvalue weighted by Gasteiger charge is 2.26. The molecule has 0 aliphatic heterocycles. The van der Waals surface area contributed by atoms with Crippen molar-refractivity contribution in [3.63, 3.8) is 0 Å². The topological polar surface area (TPSA) is 142 Å². The van der Waals surface area contributed by atoms with Crippen LogP contribution in [0.2, 0.25) is 0 Å². The first-order valence-corrected chi connectivity index (χ1v) is 9.12. The number of ketones is 1. The Morgan fingerprint density at radius 3 is 1.89 bits per heavy atom. The molecule has 0 unspecified atom stereocenters. The smallest absolute Gasteiger partial charge is 0.303 e. The third kappa shape index (κ3) is 10.3. The number of carbonyl (C=O) groups is 5. The van der Waals surface area contributed by atoms with Gasteiger partial charge in [-0.3, -0.25) is 24.0 Å². The van der Waals surface area contributed by atoms with Crippen LogP contribution in [0.15, 0.2) is 0 Å². The van der Waals surface area contributed by atoms with Crippen LogP contribution < -0.4 is 16.0 Å². The number of aliphatic carboxylic acids is 1. The lowest BCUT2D eigenvalue weighted by Gasteiger charge is -2.22. The number of carbonyl (C=O) groups excluding carboxylic acids is 4. The molecule has 0 heterocycles. The van der Waals surface area contributed by atoms with E-state index in [0.29, 0.717) is 0 Å². The lowest BCUT2D eigenvalue weighted by molar-refractivity contribution is -0.138. The number of rotatable bonds is 12. The summed E-state index contributed by atoms with van der Waals surface area (Å²) in [5.74, 6) is -2.70. The SMILES string of the molecule is CCC(=O)[C@H](C)NC(=O)[C@H](C)NC(=O)[C@H](CCC(=O)O)NC(=O)CC(C)C. The maximum absolute atomic E-state index is 12.4. The number of carboxylic acids is 1. The summed E-state index contributed by atoms with van der Waals surface area (Å²) in [7, 11) is 0. The van der Waals surface area contributed by atoms with Gasteiger partial charge in [-0.1, -0.05) is 20.8 Å². The molecule has 3 atom stereocenters. The number of hydrogen-bond acceptors (Lipinski definition) is 5. The summed E-state index contributed by atoms with van der Waals surface area (Å²) in [6.45, 7) is 8.37. The van der Waals surface area contributed by atoms with Crippen LogP contribution in [0.1, 0.15) is 60.3 Å². The molecule has 3 amide bonds. The Bertz CT molecular complexity index is 561. The summed E-state index contributed by atoms with van der Waals surface area (Å²) in [5.41, 5.74) is 0. The number of carboxylic acid groups (broad SMARTS) is 1. The van der Waals surface area contributed by atoms with E-state index in [4.69, 9.17) is 5.11 Å². The van der Waals surface area contributed by atoms with Crippen molar-refractivity contribution in [2.24, 2.45) is 5.92 Å². The van der Waals surface area contributed by atoms with Gasteiger partial charge in [0.1, 0.15) is 12.1 Å². The van der Waals surface area contributed by atoms with Crippen molar-refractivity contribution < 1.29 is 29.1 Å². The summed E-state index contributed by atoms with van der Waals surface area (Å²) in [6.07, 6.45) is 0.0809. The predicted molar refractivity (Wildman–Crippen MR) is 98.8 cm³/mol. The fourth-order valence-corrected chi connectivity index (χ4v) is 2.27. The van der Waals surface area contributed by atoms with Gasteiger partial charge in [0.25, 0.3) is 0 Å². The van der Waals surface area contributed by atoms with Gasteiger partial charge in [0, 0.05) is 19.3 Å². The predicted octanol–water partition coefficient (Wildman–Crippen LogP) is 0.371. The Morgan fingerprint density at radius 1 is 0.852 bits per heavy atom. The van der Waals surface area contributed by atoms with Crippen LogP contribution in [0.4, 0.5) is 0 Å². The van der Waals surface area contributed by atoms with Gasteiger partial charge in [0.2, 0.25) is 17.7 Å². The summed E-state index contributed by atoms with van der Waals surface area (Å²) in [5, 5.41) is 16.3. The van der Waals surface area contributed by atoms with Crippen LogP contribution in [0.3, 0.4) is 0 Å². The molecule has 4 N–H and O–H groups in total. The molecule has 9 nitrogen and oxygen atoms in total. The summed E-state index contributed by atoms with van der Waals surface area (Å²) in [6, 6.07) is -2.67. The maximum atomic E-state index is 12.4. The van der Waals surface area contributed by atoms with E-state index >= 15 is 0 Å². The second-order valence-electron chi connectivity index (χ2n) is 6.93. The van der Waals surface area contributed by atoms with Gasteiger partial charge in [-0.15, -0.1) is 0 Å². The first kappa shape index (κ1) is 24.6. The molecule has 0 fully saturated rings. The zero-order valence-corrected chi connectivity index (χ0v) is 16.6. The van der Waals surface area contributed by atoms with Gasteiger partial charge in [-0.25, -0.2) is 0 Å². The molecule has 0 spiro atoms. The average molecular weight is 385 g/mol. The number of amides is 3. The van der Waals surface area contributed by atoms with Crippen LogP contribution in [0.25, 0.3) is 0 Å². The average Bonchev–Trinajstić information content (AvgIpc) is 2.56. The second kappa shape index (κ2) is 12.0. The number of Topliss-reactive ketones (excluding diaryl/α,β-unsaturated/α-hetero) is 1. The van der Waals surface area contributed by atoms with E-state index < -0.39 is 35.9 Å². The highest BCUT2D eigenvalue weighted by Crippen LogP contribution is 2.04. The van der Waals surface area contributed by atoms with E-state index in [1.807, 2.05) is 13.8 Å². The molecule has 154 valence electrons. The third-order valence-electron chi connectivity index (χ3n) is 3.83. The first-order valence-electron chi connectivity index (χ1n) is 9.12. The van der Waals surface area contributed by atoms with Gasteiger partial charge in [-0.05, 0) is 26.2 Å². The quantitative estimate of drug-likeness (QED) is 0.382. The molecule has 0 rings (SSSR count). The standard InChI is InChI=1S/C18H31N3O6/c1-6-14(22)11(4)19-17(26)12(5)20-18(27)13(7-8-16(24)25)21-15(23)9-10(2)3/h10-13H,6-9H2,1-5H3,(H,19,26)(H,20,27)(H,21,23)(H,24,25)/t11-,12-,13-/m0/s1. The van der Waals surface area contributed by atoms with E-state index in [2.05, 4.69) is 16.0 Å². The van der Waals surface area contributed by atoms with E-state index in [-0.39, 0.29) is 43.3 Å². The molecular weight excluding hydrogens is 354 g/mol. The fraction of sp³-hybridized carbons (Fsp3) is 0.722. The van der Waals surface area contributed by atoms with E-state index in [1.54, 1.807) is 13.8 Å². The van der Waals surface area contributed by atoms with Gasteiger partial charge in [-0.2, -0.15) is 0 Å². The van der Waals surface area contributed by atoms with Crippen molar-refractivity contribution in [3.8, 4) is 0 Å². The molecule has 0 saturated carbocycles. The largest absolute Gasteiger partial charge is 0.481 e. The Hall–Kier alpha value is -2.45. The van der Waals surface area contributed by atoms with Crippen molar-refractivity contribution in [1.82, 2.24) is 16.0 Å². The van der Waals surface area contributed by atoms with Crippen LogP contribution in [0.5, 0.6) is 0 Å². The van der Waals surface area contributed by atoms with Gasteiger partial charge in [0.05, 0.1) is 6.04 Å². The normalized spacial score (nSPS) is 14.0. The molecular formula is C18H31N3O6. The number of nitrogens with one attached hydrogen (secondary N) is 3. The van der Waals surface area contributed by atoms with Gasteiger partial charge >= 0.3 is 5.97 Å². The molecule has 0 saturated heterocycles. The molecule has 0 aromatic carbocycles. The molecule has 0 aliphatic rings. The van der Waals surface area contributed by atoms with Crippen LogP contribution in [-0.4, -0.2) is 52.7 Å². The maximum Gasteiger partial charge on any atom is 0.303 e. The number of hydrogen-bond donors (Lipinski definition) is 4. The fourth-order valence-electron chi connectivity index (χ4n) is 2.27. The molecule has 0 bridgehead atoms. The molecule has 0 aromatic rings. The first-order chi connectivity index (χ1) is 12.5.